The molecule has 0 aliphatic carbocycles. The summed E-state index contributed by atoms with van der Waals surface area (Å²) in [7, 11) is 0. The van der Waals surface area contributed by atoms with E-state index in [1.807, 2.05) is 12.1 Å². The molecule has 1 aromatic carbocycles. The molecule has 1 aliphatic rings. The minimum Gasteiger partial charge on any atom is -0.507 e. The average Bonchev–Trinajstić information content (AvgIpc) is 2.28. The maximum absolute atomic E-state index is 10.0. The minimum atomic E-state index is -0.143. The van der Waals surface area contributed by atoms with Gasteiger partial charge in [-0.2, -0.15) is 0 Å². The van der Waals surface area contributed by atoms with Crippen molar-refractivity contribution in [2.24, 2.45) is 0 Å². The van der Waals surface area contributed by atoms with Crippen molar-refractivity contribution in [1.82, 2.24) is 4.90 Å². The molecule has 0 saturated carbocycles. The van der Waals surface area contributed by atoms with E-state index in [0.29, 0.717) is 5.75 Å². The molecule has 0 aromatic heterocycles. The van der Waals surface area contributed by atoms with Gasteiger partial charge < -0.3 is 10.2 Å². The number of aromatic hydroxyl groups is 1. The molecule has 0 spiro atoms. The van der Waals surface area contributed by atoms with Crippen LogP contribution in [0.15, 0.2) is 12.1 Å². The Labute approximate surface area is 128 Å². The Bertz CT molecular complexity index is 404. The summed E-state index contributed by atoms with van der Waals surface area (Å²) < 4.78 is 2.05. The third-order valence-corrected chi connectivity index (χ3v) is 4.50. The molecule has 0 unspecified atom stereocenters. The number of phenols is 1. The Hall–Kier alpha value is 0.400. The van der Waals surface area contributed by atoms with Crippen molar-refractivity contribution >= 4 is 45.2 Å². The molecule has 5 heteroatoms. The quantitative estimate of drug-likeness (QED) is 0.669. The summed E-state index contributed by atoms with van der Waals surface area (Å²) in [6.07, 6.45) is 1.53. The van der Waals surface area contributed by atoms with Crippen LogP contribution >= 0.6 is 45.2 Å². The lowest BCUT2D eigenvalue weighted by atomic mass is 10.1. The lowest BCUT2D eigenvalue weighted by molar-refractivity contribution is 0.0789. The van der Waals surface area contributed by atoms with E-state index in [9.17, 15) is 10.2 Å². The zero-order valence-corrected chi connectivity index (χ0v) is 13.7. The number of hydrogen-bond acceptors (Lipinski definition) is 3. The number of hydrogen-bond donors (Lipinski definition) is 2. The van der Waals surface area contributed by atoms with Gasteiger partial charge in [-0.1, -0.05) is 0 Å². The van der Waals surface area contributed by atoms with Crippen molar-refractivity contribution in [3.8, 4) is 5.75 Å². The normalized spacial score (nSPS) is 18.5. The van der Waals surface area contributed by atoms with Gasteiger partial charge in [-0.25, -0.2) is 0 Å². The van der Waals surface area contributed by atoms with Crippen LogP contribution in [0.2, 0.25) is 0 Å². The molecule has 94 valence electrons. The van der Waals surface area contributed by atoms with Crippen molar-refractivity contribution in [2.75, 3.05) is 13.1 Å². The van der Waals surface area contributed by atoms with E-state index >= 15 is 0 Å². The second kappa shape index (κ2) is 6.03. The lowest BCUT2D eigenvalue weighted by Crippen LogP contribution is -2.35. The predicted molar refractivity (Wildman–Crippen MR) is 84.1 cm³/mol. The molecule has 2 N–H and O–H groups in total. The van der Waals surface area contributed by atoms with Gasteiger partial charge in [-0.05, 0) is 70.2 Å². The number of aliphatic hydroxyl groups is 1. The van der Waals surface area contributed by atoms with Crippen LogP contribution in [0.5, 0.6) is 5.75 Å². The fraction of sp³-hybridized carbons (Fsp3) is 0.500. The molecule has 1 heterocycles. The maximum atomic E-state index is 10.0. The molecule has 0 atom stereocenters. The summed E-state index contributed by atoms with van der Waals surface area (Å²) in [5.74, 6) is 0.400. The number of nitrogens with zero attached hydrogens (tertiary/aromatic N) is 1. The fourth-order valence-electron chi connectivity index (χ4n) is 2.06. The molecular weight excluding hydrogens is 444 g/mol. The number of phenolic OH excluding ortho intramolecular Hbond substituents is 1. The molecule has 0 bridgehead atoms. The van der Waals surface area contributed by atoms with Gasteiger partial charge in [-0.3, -0.25) is 4.90 Å². The molecule has 1 aromatic rings. The molecule has 17 heavy (non-hydrogen) atoms. The van der Waals surface area contributed by atoms with E-state index in [0.717, 1.165) is 45.2 Å². The van der Waals surface area contributed by atoms with Crippen LogP contribution in [-0.2, 0) is 6.54 Å². The third kappa shape index (κ3) is 3.68. The Morgan fingerprint density at radius 2 is 1.88 bits per heavy atom. The molecule has 3 nitrogen and oxygen atoms in total. The van der Waals surface area contributed by atoms with Gasteiger partial charge in [0.15, 0.2) is 0 Å². The van der Waals surface area contributed by atoms with Crippen LogP contribution in [-0.4, -0.2) is 34.3 Å². The van der Waals surface area contributed by atoms with E-state index in [1.165, 1.54) is 0 Å². The molecular formula is C12H15I2NO2. The standard InChI is InChI=1S/C12H15I2NO2/c13-9-5-8(12(17)11(14)6-9)7-15-3-1-10(16)2-4-15/h5-6,10,16-17H,1-4,7H2. The second-order valence-corrected chi connectivity index (χ2v) is 6.81. The molecule has 1 fully saturated rings. The Kier molecular flexibility index (Phi) is 4.90. The fourth-order valence-corrected chi connectivity index (χ4v) is 4.02. The van der Waals surface area contributed by atoms with E-state index in [-0.39, 0.29) is 6.10 Å². The molecule has 2 rings (SSSR count). The highest BCUT2D eigenvalue weighted by molar-refractivity contribution is 14.1. The zero-order chi connectivity index (χ0) is 12.4. The van der Waals surface area contributed by atoms with E-state index in [2.05, 4.69) is 50.1 Å². The summed E-state index contributed by atoms with van der Waals surface area (Å²) in [6.45, 7) is 2.58. The summed E-state index contributed by atoms with van der Waals surface area (Å²) in [6, 6.07) is 4.00. The van der Waals surface area contributed by atoms with E-state index < -0.39 is 0 Å². The number of piperidine rings is 1. The number of benzene rings is 1. The largest absolute Gasteiger partial charge is 0.507 e. The number of halogens is 2. The number of likely N-dealkylation sites (tertiary alicyclic amines) is 1. The van der Waals surface area contributed by atoms with Gasteiger partial charge in [0.2, 0.25) is 0 Å². The van der Waals surface area contributed by atoms with E-state index in [1.54, 1.807) is 0 Å². The minimum absolute atomic E-state index is 0.143. The van der Waals surface area contributed by atoms with Crippen molar-refractivity contribution in [3.05, 3.63) is 24.8 Å². The second-order valence-electron chi connectivity index (χ2n) is 4.40. The van der Waals surface area contributed by atoms with Crippen molar-refractivity contribution in [1.29, 1.82) is 0 Å². The number of rotatable bonds is 2. The van der Waals surface area contributed by atoms with Crippen LogP contribution in [0, 0.1) is 7.14 Å². The van der Waals surface area contributed by atoms with Crippen LogP contribution in [0.3, 0.4) is 0 Å². The van der Waals surface area contributed by atoms with Gasteiger partial charge in [0.05, 0.1) is 9.67 Å². The zero-order valence-electron chi connectivity index (χ0n) is 9.37. The van der Waals surface area contributed by atoms with E-state index in [4.69, 9.17) is 0 Å². The smallest absolute Gasteiger partial charge is 0.133 e. The number of aliphatic hydroxyl groups excluding tert-OH is 1. The monoisotopic (exact) mass is 459 g/mol. The Balaban J connectivity index is 2.08. The van der Waals surface area contributed by atoms with Crippen molar-refractivity contribution in [3.63, 3.8) is 0 Å². The molecule has 0 amide bonds. The first-order valence-electron chi connectivity index (χ1n) is 5.63. The van der Waals surface area contributed by atoms with Crippen LogP contribution < -0.4 is 0 Å². The first-order valence-corrected chi connectivity index (χ1v) is 7.79. The van der Waals surface area contributed by atoms with Gasteiger partial charge in [-0.15, -0.1) is 0 Å². The molecule has 1 saturated heterocycles. The lowest BCUT2D eigenvalue weighted by Gasteiger charge is -2.29. The van der Waals surface area contributed by atoms with Crippen molar-refractivity contribution < 1.29 is 10.2 Å². The summed E-state index contributed by atoms with van der Waals surface area (Å²) in [5, 5.41) is 19.5. The molecule has 0 radical (unpaired) electrons. The summed E-state index contributed by atoms with van der Waals surface area (Å²) in [5.41, 5.74) is 0.984. The third-order valence-electron chi connectivity index (χ3n) is 3.06. The SMILES string of the molecule is Oc1c(I)cc(I)cc1CN1CCC(O)CC1. The van der Waals surface area contributed by atoms with Crippen LogP contribution in [0.1, 0.15) is 18.4 Å². The maximum Gasteiger partial charge on any atom is 0.133 e. The van der Waals surface area contributed by atoms with Crippen LogP contribution in [0.4, 0.5) is 0 Å². The van der Waals surface area contributed by atoms with Gasteiger partial charge in [0.25, 0.3) is 0 Å². The highest BCUT2D eigenvalue weighted by Gasteiger charge is 2.18. The average molecular weight is 459 g/mol. The Morgan fingerprint density at radius 3 is 2.53 bits per heavy atom. The van der Waals surface area contributed by atoms with Crippen molar-refractivity contribution in [2.45, 2.75) is 25.5 Å². The van der Waals surface area contributed by atoms with Gasteiger partial charge in [0, 0.05) is 28.8 Å². The molecule has 1 aliphatic heterocycles. The summed E-state index contributed by atoms with van der Waals surface area (Å²) in [4.78, 5) is 2.29. The van der Waals surface area contributed by atoms with Gasteiger partial charge >= 0.3 is 0 Å². The highest BCUT2D eigenvalue weighted by atomic mass is 127. The van der Waals surface area contributed by atoms with Gasteiger partial charge in [0.1, 0.15) is 5.75 Å². The van der Waals surface area contributed by atoms with Crippen LogP contribution in [0.25, 0.3) is 0 Å². The first-order chi connectivity index (χ1) is 8.06. The topological polar surface area (TPSA) is 43.7 Å². The first kappa shape index (κ1) is 13.8. The Morgan fingerprint density at radius 1 is 1.24 bits per heavy atom. The summed E-state index contributed by atoms with van der Waals surface area (Å²) >= 11 is 4.43. The predicted octanol–water partition coefficient (Wildman–Crippen LogP) is 2.56. The highest BCUT2D eigenvalue weighted by Crippen LogP contribution is 2.28.